The van der Waals surface area contributed by atoms with Crippen LogP contribution < -0.4 is 10.1 Å². The number of hydrogen-bond acceptors (Lipinski definition) is 5. The molecule has 0 fully saturated rings. The lowest BCUT2D eigenvalue weighted by Gasteiger charge is -2.14. The van der Waals surface area contributed by atoms with E-state index in [0.29, 0.717) is 41.4 Å². The number of ether oxygens (including phenoxy) is 1. The Morgan fingerprint density at radius 2 is 2.06 bits per heavy atom. The summed E-state index contributed by atoms with van der Waals surface area (Å²) in [6.07, 6.45) is 0.360. The van der Waals surface area contributed by atoms with E-state index in [1.54, 1.807) is 12.1 Å². The molecule has 0 saturated heterocycles. The SMILES string of the molecule is CC1(C)COc2nc(Cc3cc(-c4c(F)cccc4C#N)nc4c3C(=O)NC4)ccc21. The van der Waals surface area contributed by atoms with Crippen LogP contribution in [0.3, 0.4) is 0 Å². The Bertz CT molecular complexity index is 1290. The van der Waals surface area contributed by atoms with Crippen LogP contribution >= 0.6 is 0 Å². The van der Waals surface area contributed by atoms with E-state index in [9.17, 15) is 14.4 Å². The molecular formula is C24H19FN4O2. The summed E-state index contributed by atoms with van der Waals surface area (Å²) in [5.74, 6) is -0.128. The van der Waals surface area contributed by atoms with E-state index in [-0.39, 0.29) is 29.0 Å². The van der Waals surface area contributed by atoms with E-state index in [1.165, 1.54) is 12.1 Å². The first kappa shape index (κ1) is 19.2. The largest absolute Gasteiger partial charge is 0.477 e. The molecule has 5 rings (SSSR count). The second-order valence-corrected chi connectivity index (χ2v) is 8.45. The Morgan fingerprint density at radius 3 is 2.87 bits per heavy atom. The van der Waals surface area contributed by atoms with Crippen LogP contribution in [0.2, 0.25) is 0 Å². The summed E-state index contributed by atoms with van der Waals surface area (Å²) in [7, 11) is 0. The fraction of sp³-hybridized carbons (Fsp3) is 0.250. The number of hydrogen-bond donors (Lipinski definition) is 1. The number of pyridine rings is 2. The van der Waals surface area contributed by atoms with Crippen molar-refractivity contribution >= 4 is 5.91 Å². The molecule has 0 radical (unpaired) electrons. The number of halogens is 1. The molecule has 1 N–H and O–H groups in total. The molecule has 6 nitrogen and oxygen atoms in total. The molecule has 1 aromatic carbocycles. The average Bonchev–Trinajstić information content (AvgIpc) is 3.27. The highest BCUT2D eigenvalue weighted by Crippen LogP contribution is 2.37. The quantitative estimate of drug-likeness (QED) is 0.707. The lowest BCUT2D eigenvalue weighted by Crippen LogP contribution is -2.18. The molecule has 1 amide bonds. The molecule has 0 spiro atoms. The molecule has 0 atom stereocenters. The van der Waals surface area contributed by atoms with E-state index in [0.717, 1.165) is 11.3 Å². The third kappa shape index (κ3) is 3.12. The van der Waals surface area contributed by atoms with Crippen LogP contribution in [-0.2, 0) is 18.4 Å². The van der Waals surface area contributed by atoms with Crippen molar-refractivity contribution in [2.45, 2.75) is 32.2 Å². The number of rotatable bonds is 3. The molecule has 0 bridgehead atoms. The number of nitrogens with zero attached hydrogens (tertiary/aromatic N) is 3. The summed E-state index contributed by atoms with van der Waals surface area (Å²) < 4.78 is 20.4. The number of nitrogens with one attached hydrogen (secondary N) is 1. The van der Waals surface area contributed by atoms with Gasteiger partial charge in [-0.2, -0.15) is 5.26 Å². The van der Waals surface area contributed by atoms with E-state index in [2.05, 4.69) is 29.1 Å². The van der Waals surface area contributed by atoms with Crippen LogP contribution in [0, 0.1) is 17.1 Å². The van der Waals surface area contributed by atoms with Gasteiger partial charge in [0.05, 0.1) is 47.3 Å². The fourth-order valence-corrected chi connectivity index (χ4v) is 4.18. The zero-order chi connectivity index (χ0) is 21.8. The van der Waals surface area contributed by atoms with Crippen LogP contribution in [0.5, 0.6) is 5.88 Å². The summed E-state index contributed by atoms with van der Waals surface area (Å²) in [4.78, 5) is 21.6. The van der Waals surface area contributed by atoms with Crippen LogP contribution in [0.4, 0.5) is 4.39 Å². The van der Waals surface area contributed by atoms with Crippen molar-refractivity contribution in [1.82, 2.24) is 15.3 Å². The molecule has 3 aromatic rings. The minimum atomic E-state index is -0.527. The van der Waals surface area contributed by atoms with Gasteiger partial charge in [0, 0.05) is 23.1 Å². The van der Waals surface area contributed by atoms with Gasteiger partial charge in [0.2, 0.25) is 5.88 Å². The average molecular weight is 414 g/mol. The summed E-state index contributed by atoms with van der Waals surface area (Å²) in [5.41, 5.74) is 4.09. The van der Waals surface area contributed by atoms with E-state index in [1.807, 2.05) is 18.2 Å². The van der Waals surface area contributed by atoms with Gasteiger partial charge in [-0.05, 0) is 29.8 Å². The van der Waals surface area contributed by atoms with Crippen LogP contribution in [0.1, 0.15) is 52.3 Å². The summed E-state index contributed by atoms with van der Waals surface area (Å²) in [6, 6.07) is 12.0. The molecule has 2 aromatic heterocycles. The van der Waals surface area contributed by atoms with E-state index < -0.39 is 5.82 Å². The normalized spacial score (nSPS) is 15.6. The molecule has 2 aliphatic rings. The topological polar surface area (TPSA) is 87.9 Å². The van der Waals surface area contributed by atoms with Gasteiger partial charge in [-0.15, -0.1) is 0 Å². The molecular weight excluding hydrogens is 395 g/mol. The molecule has 154 valence electrons. The Kier molecular flexibility index (Phi) is 4.26. The van der Waals surface area contributed by atoms with Gasteiger partial charge in [-0.3, -0.25) is 4.79 Å². The smallest absolute Gasteiger partial charge is 0.253 e. The van der Waals surface area contributed by atoms with Crippen LogP contribution in [0.25, 0.3) is 11.3 Å². The minimum Gasteiger partial charge on any atom is -0.477 e. The summed E-state index contributed by atoms with van der Waals surface area (Å²) in [5, 5.41) is 12.2. The molecule has 0 aliphatic carbocycles. The Morgan fingerprint density at radius 1 is 1.23 bits per heavy atom. The monoisotopic (exact) mass is 414 g/mol. The van der Waals surface area contributed by atoms with Gasteiger partial charge in [0.15, 0.2) is 0 Å². The second-order valence-electron chi connectivity index (χ2n) is 8.45. The van der Waals surface area contributed by atoms with E-state index >= 15 is 0 Å². The maximum atomic E-state index is 14.6. The number of carbonyl (C=O) groups is 1. The number of nitriles is 1. The molecule has 4 heterocycles. The van der Waals surface area contributed by atoms with Crippen molar-refractivity contribution in [3.05, 3.63) is 75.9 Å². The standard InChI is InChI=1S/C24H19FN4O2/c1-24(2)12-31-23-16(24)7-6-15(28-23)8-14-9-18(29-19-11-27-22(30)21(14)19)20-13(10-26)4-3-5-17(20)25/h3-7,9H,8,11-12H2,1-2H3,(H,27,30). The van der Waals surface area contributed by atoms with Crippen molar-refractivity contribution in [2.24, 2.45) is 0 Å². The van der Waals surface area contributed by atoms with Gasteiger partial charge in [-0.1, -0.05) is 26.0 Å². The summed E-state index contributed by atoms with van der Waals surface area (Å²) in [6.45, 7) is 5.04. The van der Waals surface area contributed by atoms with E-state index in [4.69, 9.17) is 4.74 Å². The Balaban J connectivity index is 1.62. The highest BCUT2D eigenvalue weighted by molar-refractivity contribution is 5.99. The predicted octanol–water partition coefficient (Wildman–Crippen LogP) is 3.66. The first-order chi connectivity index (χ1) is 14.9. The number of aromatic nitrogens is 2. The lowest BCUT2D eigenvalue weighted by atomic mass is 9.88. The number of amides is 1. The molecule has 0 unspecified atom stereocenters. The van der Waals surface area contributed by atoms with Crippen LogP contribution in [-0.4, -0.2) is 22.5 Å². The van der Waals surface area contributed by atoms with Crippen molar-refractivity contribution in [3.63, 3.8) is 0 Å². The Hall–Kier alpha value is -3.79. The van der Waals surface area contributed by atoms with Crippen molar-refractivity contribution in [1.29, 1.82) is 5.26 Å². The van der Waals surface area contributed by atoms with Gasteiger partial charge < -0.3 is 10.1 Å². The third-order valence-corrected chi connectivity index (χ3v) is 5.80. The van der Waals surface area contributed by atoms with Gasteiger partial charge >= 0.3 is 0 Å². The molecule has 2 aliphatic heterocycles. The summed E-state index contributed by atoms with van der Waals surface area (Å²) >= 11 is 0. The second kappa shape index (κ2) is 6.88. The maximum absolute atomic E-state index is 14.6. The highest BCUT2D eigenvalue weighted by atomic mass is 19.1. The molecule has 0 saturated carbocycles. The Labute approximate surface area is 178 Å². The van der Waals surface area contributed by atoms with Crippen molar-refractivity contribution in [3.8, 4) is 23.2 Å². The number of fused-ring (bicyclic) bond motifs is 2. The van der Waals surface area contributed by atoms with Crippen LogP contribution in [0.15, 0.2) is 36.4 Å². The maximum Gasteiger partial charge on any atom is 0.253 e. The number of carbonyl (C=O) groups excluding carboxylic acids is 1. The van der Waals surface area contributed by atoms with Crippen molar-refractivity contribution < 1.29 is 13.9 Å². The van der Waals surface area contributed by atoms with Crippen molar-refractivity contribution in [2.75, 3.05) is 6.61 Å². The number of benzene rings is 1. The van der Waals surface area contributed by atoms with Gasteiger partial charge in [0.25, 0.3) is 5.91 Å². The first-order valence-electron chi connectivity index (χ1n) is 10.0. The van der Waals surface area contributed by atoms with Gasteiger partial charge in [-0.25, -0.2) is 14.4 Å². The van der Waals surface area contributed by atoms with Gasteiger partial charge in [0.1, 0.15) is 5.82 Å². The molecule has 7 heteroatoms. The predicted molar refractivity (Wildman–Crippen MR) is 111 cm³/mol. The zero-order valence-electron chi connectivity index (χ0n) is 17.1. The molecule has 31 heavy (non-hydrogen) atoms. The zero-order valence-corrected chi connectivity index (χ0v) is 17.1. The third-order valence-electron chi connectivity index (χ3n) is 5.80. The minimum absolute atomic E-state index is 0.0929. The fourth-order valence-electron chi connectivity index (χ4n) is 4.18. The first-order valence-corrected chi connectivity index (χ1v) is 10.0. The lowest BCUT2D eigenvalue weighted by molar-refractivity contribution is 0.0965. The highest BCUT2D eigenvalue weighted by Gasteiger charge is 2.33.